The van der Waals surface area contributed by atoms with Crippen LogP contribution in [0.15, 0.2) is 0 Å². The second kappa shape index (κ2) is 2.53. The molecule has 0 aromatic heterocycles. The number of rotatable bonds is 1. The Morgan fingerprint density at radius 2 is 2.14 bits per heavy atom. The Hall–Kier alpha value is -0.0800. The average molecular weight is 194 g/mol. The molecule has 2 heterocycles. The standard InChI is InChI=1S/C12H18O2/c1-2-10-5-9(1)11(14-10)12-4-3-8(6-12)7-13-12/h8-11H,1-7H2. The van der Waals surface area contributed by atoms with E-state index in [9.17, 15) is 0 Å². The van der Waals surface area contributed by atoms with Crippen molar-refractivity contribution < 1.29 is 9.47 Å². The number of fused-ring (bicyclic) bond motifs is 4. The second-order valence-electron chi connectivity index (χ2n) is 5.74. The van der Waals surface area contributed by atoms with Gasteiger partial charge in [-0.05, 0) is 50.4 Å². The van der Waals surface area contributed by atoms with Crippen molar-refractivity contribution in [2.75, 3.05) is 6.61 Å². The largest absolute Gasteiger partial charge is 0.372 e. The van der Waals surface area contributed by atoms with Gasteiger partial charge in [0.15, 0.2) is 0 Å². The van der Waals surface area contributed by atoms with Gasteiger partial charge in [-0.3, -0.25) is 0 Å². The quantitative estimate of drug-likeness (QED) is 0.636. The summed E-state index contributed by atoms with van der Waals surface area (Å²) >= 11 is 0. The Morgan fingerprint density at radius 3 is 2.64 bits per heavy atom. The third-order valence-corrected chi connectivity index (χ3v) is 4.93. The average Bonchev–Trinajstić information content (AvgIpc) is 2.98. The Kier molecular flexibility index (Phi) is 1.47. The summed E-state index contributed by atoms with van der Waals surface area (Å²) in [4.78, 5) is 0. The van der Waals surface area contributed by atoms with Crippen LogP contribution >= 0.6 is 0 Å². The number of hydrogen-bond acceptors (Lipinski definition) is 2. The van der Waals surface area contributed by atoms with Crippen LogP contribution in [0.4, 0.5) is 0 Å². The Bertz CT molecular complexity index is 255. The van der Waals surface area contributed by atoms with E-state index in [1.807, 2.05) is 0 Å². The molecule has 0 amide bonds. The molecule has 2 aliphatic carbocycles. The molecule has 5 atom stereocenters. The summed E-state index contributed by atoms with van der Waals surface area (Å²) in [6.07, 6.45) is 9.02. The Balaban J connectivity index is 1.63. The van der Waals surface area contributed by atoms with Crippen molar-refractivity contribution in [3.8, 4) is 0 Å². The van der Waals surface area contributed by atoms with E-state index in [1.165, 1.54) is 38.5 Å². The molecule has 2 saturated heterocycles. The van der Waals surface area contributed by atoms with Gasteiger partial charge in [-0.25, -0.2) is 0 Å². The molecular weight excluding hydrogens is 176 g/mol. The van der Waals surface area contributed by atoms with Crippen molar-refractivity contribution in [3.63, 3.8) is 0 Å². The molecule has 0 radical (unpaired) electrons. The van der Waals surface area contributed by atoms with Crippen molar-refractivity contribution in [1.82, 2.24) is 0 Å². The summed E-state index contributed by atoms with van der Waals surface area (Å²) in [7, 11) is 0. The van der Waals surface area contributed by atoms with E-state index >= 15 is 0 Å². The first-order chi connectivity index (χ1) is 6.86. The molecule has 2 aliphatic heterocycles. The van der Waals surface area contributed by atoms with Crippen LogP contribution in [0.25, 0.3) is 0 Å². The molecule has 0 N–H and O–H groups in total. The minimum Gasteiger partial charge on any atom is -0.372 e. The zero-order valence-corrected chi connectivity index (χ0v) is 8.58. The van der Waals surface area contributed by atoms with Gasteiger partial charge in [-0.1, -0.05) is 0 Å². The van der Waals surface area contributed by atoms with Crippen molar-refractivity contribution in [2.45, 2.75) is 56.3 Å². The third kappa shape index (κ3) is 0.892. The molecule has 2 saturated carbocycles. The van der Waals surface area contributed by atoms with Crippen LogP contribution in [-0.2, 0) is 9.47 Å². The van der Waals surface area contributed by atoms with Crippen LogP contribution in [0.5, 0.6) is 0 Å². The molecule has 4 fully saturated rings. The van der Waals surface area contributed by atoms with E-state index in [0.29, 0.717) is 12.2 Å². The molecule has 14 heavy (non-hydrogen) atoms. The summed E-state index contributed by atoms with van der Waals surface area (Å²) < 4.78 is 12.2. The third-order valence-electron chi connectivity index (χ3n) is 4.93. The van der Waals surface area contributed by atoms with Crippen LogP contribution < -0.4 is 0 Å². The molecule has 0 aromatic rings. The lowest BCUT2D eigenvalue weighted by Gasteiger charge is -2.37. The smallest absolute Gasteiger partial charge is 0.0949 e. The van der Waals surface area contributed by atoms with Crippen molar-refractivity contribution in [1.29, 1.82) is 0 Å². The molecule has 2 nitrogen and oxygen atoms in total. The topological polar surface area (TPSA) is 18.5 Å². The Morgan fingerprint density at radius 1 is 1.14 bits per heavy atom. The van der Waals surface area contributed by atoms with Crippen LogP contribution in [0, 0.1) is 11.8 Å². The molecule has 0 spiro atoms. The SMILES string of the molecule is C1CC2(C3OC4CCC3C4)CC1CO2. The predicted octanol–water partition coefficient (Wildman–Crippen LogP) is 2.12. The zero-order valence-electron chi connectivity index (χ0n) is 8.58. The molecule has 0 aromatic carbocycles. The van der Waals surface area contributed by atoms with Crippen LogP contribution in [0.3, 0.4) is 0 Å². The molecule has 78 valence electrons. The summed E-state index contributed by atoms with van der Waals surface area (Å²) in [5.74, 6) is 1.69. The summed E-state index contributed by atoms with van der Waals surface area (Å²) in [5.41, 5.74) is 0.171. The number of ether oxygens (including phenoxy) is 2. The lowest BCUT2D eigenvalue weighted by molar-refractivity contribution is -0.145. The molecular formula is C12H18O2. The summed E-state index contributed by atoms with van der Waals surface area (Å²) in [6.45, 7) is 1.01. The van der Waals surface area contributed by atoms with Gasteiger partial charge in [-0.15, -0.1) is 0 Å². The van der Waals surface area contributed by atoms with Crippen LogP contribution in [-0.4, -0.2) is 24.4 Å². The minimum absolute atomic E-state index is 0.171. The van der Waals surface area contributed by atoms with Gasteiger partial charge >= 0.3 is 0 Å². The van der Waals surface area contributed by atoms with Crippen molar-refractivity contribution >= 4 is 0 Å². The van der Waals surface area contributed by atoms with Gasteiger partial charge in [0, 0.05) is 0 Å². The molecule has 5 unspecified atom stereocenters. The minimum atomic E-state index is 0.171. The highest BCUT2D eigenvalue weighted by Gasteiger charge is 2.58. The highest BCUT2D eigenvalue weighted by molar-refractivity contribution is 5.07. The first-order valence-corrected chi connectivity index (χ1v) is 6.15. The maximum absolute atomic E-state index is 6.14. The van der Waals surface area contributed by atoms with Gasteiger partial charge < -0.3 is 9.47 Å². The van der Waals surface area contributed by atoms with E-state index in [4.69, 9.17) is 9.47 Å². The molecule has 2 heteroatoms. The first-order valence-electron chi connectivity index (χ1n) is 6.15. The zero-order chi connectivity index (χ0) is 9.17. The Labute approximate surface area is 85.0 Å². The lowest BCUT2D eigenvalue weighted by Crippen LogP contribution is -2.45. The lowest BCUT2D eigenvalue weighted by atomic mass is 9.85. The first kappa shape index (κ1) is 8.12. The summed E-state index contributed by atoms with van der Waals surface area (Å²) in [5, 5.41) is 0. The fourth-order valence-corrected chi connectivity index (χ4v) is 4.28. The van der Waals surface area contributed by atoms with Gasteiger partial charge in [0.2, 0.25) is 0 Å². The van der Waals surface area contributed by atoms with Gasteiger partial charge in [0.25, 0.3) is 0 Å². The highest BCUT2D eigenvalue weighted by atomic mass is 16.6. The fourth-order valence-electron chi connectivity index (χ4n) is 4.28. The van der Waals surface area contributed by atoms with Crippen molar-refractivity contribution in [3.05, 3.63) is 0 Å². The van der Waals surface area contributed by atoms with Gasteiger partial charge in [-0.2, -0.15) is 0 Å². The molecule has 4 rings (SSSR count). The molecule has 4 bridgehead atoms. The maximum atomic E-state index is 6.14. The molecule has 4 aliphatic rings. The number of hydrogen-bond donors (Lipinski definition) is 0. The van der Waals surface area contributed by atoms with Gasteiger partial charge in [0.1, 0.15) is 0 Å². The van der Waals surface area contributed by atoms with Gasteiger partial charge in [0.05, 0.1) is 24.4 Å². The van der Waals surface area contributed by atoms with E-state index in [1.54, 1.807) is 0 Å². The normalized spacial score (nSPS) is 60.0. The van der Waals surface area contributed by atoms with E-state index < -0.39 is 0 Å². The fraction of sp³-hybridized carbons (Fsp3) is 1.00. The summed E-state index contributed by atoms with van der Waals surface area (Å²) in [6, 6.07) is 0. The van der Waals surface area contributed by atoms with E-state index in [2.05, 4.69) is 0 Å². The van der Waals surface area contributed by atoms with Crippen molar-refractivity contribution in [2.24, 2.45) is 11.8 Å². The second-order valence-corrected chi connectivity index (χ2v) is 5.74. The predicted molar refractivity (Wildman–Crippen MR) is 52.0 cm³/mol. The highest BCUT2D eigenvalue weighted by Crippen LogP contribution is 2.54. The monoisotopic (exact) mass is 194 g/mol. The van der Waals surface area contributed by atoms with E-state index in [-0.39, 0.29) is 5.60 Å². The maximum Gasteiger partial charge on any atom is 0.0949 e. The van der Waals surface area contributed by atoms with E-state index in [0.717, 1.165) is 18.4 Å². The van der Waals surface area contributed by atoms with Crippen LogP contribution in [0.2, 0.25) is 0 Å². The van der Waals surface area contributed by atoms with Crippen LogP contribution in [0.1, 0.15) is 38.5 Å².